The van der Waals surface area contributed by atoms with Gasteiger partial charge in [-0.25, -0.2) is 4.79 Å². The molecule has 1 aliphatic rings. The number of amides is 1. The molecule has 0 radical (unpaired) electrons. The highest BCUT2D eigenvalue weighted by atomic mass is 35.5. The zero-order valence-electron chi connectivity index (χ0n) is 14.8. The minimum absolute atomic E-state index is 0.183. The average Bonchev–Trinajstić information content (AvgIpc) is 3.21. The standard InChI is InChI=1S/C19H20ClN3O4/c1-26-19(25)12-4-5-16(20)17(8-12)23-18(24)13-7-14(10-21-9-13)22-11-15-3-2-6-27-15/h4-5,7-10,15,22H,2-3,6,11H2,1H3,(H,23,24). The van der Waals surface area contributed by atoms with Crippen molar-refractivity contribution < 1.29 is 19.1 Å². The molecule has 1 atom stereocenters. The number of aromatic nitrogens is 1. The number of rotatable bonds is 6. The Morgan fingerprint density at radius 3 is 2.89 bits per heavy atom. The Morgan fingerprint density at radius 2 is 2.15 bits per heavy atom. The van der Waals surface area contributed by atoms with Crippen molar-refractivity contribution in [3.8, 4) is 0 Å². The van der Waals surface area contributed by atoms with Crippen molar-refractivity contribution in [3.05, 3.63) is 52.8 Å². The molecule has 7 nitrogen and oxygen atoms in total. The molecule has 0 spiro atoms. The number of ether oxygens (including phenoxy) is 2. The lowest BCUT2D eigenvalue weighted by molar-refractivity contribution is 0.0600. The lowest BCUT2D eigenvalue weighted by Gasteiger charge is -2.13. The van der Waals surface area contributed by atoms with E-state index in [0.29, 0.717) is 28.4 Å². The largest absolute Gasteiger partial charge is 0.465 e. The molecule has 0 aliphatic carbocycles. The maximum absolute atomic E-state index is 12.6. The zero-order chi connectivity index (χ0) is 19.2. The smallest absolute Gasteiger partial charge is 0.337 e. The molecule has 1 unspecified atom stereocenters. The molecule has 1 aromatic carbocycles. The summed E-state index contributed by atoms with van der Waals surface area (Å²) in [5.41, 5.74) is 1.71. The average molecular weight is 390 g/mol. The van der Waals surface area contributed by atoms with Gasteiger partial charge in [-0.3, -0.25) is 9.78 Å². The number of carbonyl (C=O) groups excluding carboxylic acids is 2. The number of nitrogens with zero attached hydrogens (tertiary/aromatic N) is 1. The predicted octanol–water partition coefficient (Wildman–Crippen LogP) is 3.36. The van der Waals surface area contributed by atoms with Crippen molar-refractivity contribution in [3.63, 3.8) is 0 Å². The summed E-state index contributed by atoms with van der Waals surface area (Å²) in [6.07, 6.45) is 5.39. The molecular formula is C19H20ClN3O4. The summed E-state index contributed by atoms with van der Waals surface area (Å²) in [5, 5.41) is 6.25. The highest BCUT2D eigenvalue weighted by Gasteiger charge is 2.16. The molecule has 1 fully saturated rings. The van der Waals surface area contributed by atoms with E-state index in [1.807, 2.05) is 0 Å². The maximum Gasteiger partial charge on any atom is 0.337 e. The van der Waals surface area contributed by atoms with E-state index in [2.05, 4.69) is 20.4 Å². The molecule has 0 bridgehead atoms. The highest BCUT2D eigenvalue weighted by molar-refractivity contribution is 6.34. The Kier molecular flexibility index (Phi) is 6.26. The topological polar surface area (TPSA) is 89.5 Å². The molecule has 27 heavy (non-hydrogen) atoms. The number of hydrogen-bond acceptors (Lipinski definition) is 6. The minimum atomic E-state index is -0.510. The van der Waals surface area contributed by atoms with Crippen LogP contribution in [0.15, 0.2) is 36.7 Å². The summed E-state index contributed by atoms with van der Waals surface area (Å²) < 4.78 is 10.3. The quantitative estimate of drug-likeness (QED) is 0.736. The van der Waals surface area contributed by atoms with Gasteiger partial charge in [0, 0.05) is 25.5 Å². The number of benzene rings is 1. The Labute approximate surface area is 162 Å². The van der Waals surface area contributed by atoms with Crippen LogP contribution in [0.2, 0.25) is 5.02 Å². The fourth-order valence-corrected chi connectivity index (χ4v) is 2.92. The summed E-state index contributed by atoms with van der Waals surface area (Å²) in [5.74, 6) is -0.892. The van der Waals surface area contributed by atoms with Gasteiger partial charge in [0.25, 0.3) is 5.91 Å². The van der Waals surface area contributed by atoms with Gasteiger partial charge in [0.2, 0.25) is 0 Å². The summed E-state index contributed by atoms with van der Waals surface area (Å²) in [6.45, 7) is 1.46. The van der Waals surface area contributed by atoms with Crippen molar-refractivity contribution in [1.29, 1.82) is 0 Å². The first-order valence-electron chi connectivity index (χ1n) is 8.56. The number of pyridine rings is 1. The minimum Gasteiger partial charge on any atom is -0.465 e. The van der Waals surface area contributed by atoms with Gasteiger partial charge in [-0.15, -0.1) is 0 Å². The Bertz CT molecular complexity index is 837. The SMILES string of the molecule is COC(=O)c1ccc(Cl)c(NC(=O)c2cncc(NCC3CCCO3)c2)c1. The predicted molar refractivity (Wildman–Crippen MR) is 102 cm³/mol. The monoisotopic (exact) mass is 389 g/mol. The second-order valence-electron chi connectivity index (χ2n) is 6.12. The van der Waals surface area contributed by atoms with Crippen LogP contribution in [0.1, 0.15) is 33.6 Å². The van der Waals surface area contributed by atoms with E-state index < -0.39 is 5.97 Å². The van der Waals surface area contributed by atoms with Gasteiger partial charge >= 0.3 is 5.97 Å². The van der Waals surface area contributed by atoms with Crippen LogP contribution < -0.4 is 10.6 Å². The van der Waals surface area contributed by atoms with Crippen molar-refractivity contribution in [2.75, 3.05) is 30.9 Å². The van der Waals surface area contributed by atoms with Gasteiger partial charge in [-0.2, -0.15) is 0 Å². The van der Waals surface area contributed by atoms with Crippen LogP contribution in [-0.2, 0) is 9.47 Å². The summed E-state index contributed by atoms with van der Waals surface area (Å²) in [7, 11) is 1.29. The summed E-state index contributed by atoms with van der Waals surface area (Å²) >= 11 is 6.12. The number of esters is 1. The van der Waals surface area contributed by atoms with Crippen LogP contribution in [0.25, 0.3) is 0 Å². The molecule has 1 aliphatic heterocycles. The van der Waals surface area contributed by atoms with Crippen molar-refractivity contribution >= 4 is 34.9 Å². The highest BCUT2D eigenvalue weighted by Crippen LogP contribution is 2.24. The lowest BCUT2D eigenvalue weighted by Crippen LogP contribution is -2.19. The van der Waals surface area contributed by atoms with E-state index in [-0.39, 0.29) is 12.0 Å². The number of nitrogens with one attached hydrogen (secondary N) is 2. The number of methoxy groups -OCH3 is 1. The summed E-state index contributed by atoms with van der Waals surface area (Å²) in [6, 6.07) is 6.23. The molecule has 1 saturated heterocycles. The molecule has 1 aromatic heterocycles. The van der Waals surface area contributed by atoms with Gasteiger partial charge in [-0.1, -0.05) is 11.6 Å². The van der Waals surface area contributed by atoms with Crippen LogP contribution in [0.5, 0.6) is 0 Å². The first-order valence-corrected chi connectivity index (χ1v) is 8.94. The maximum atomic E-state index is 12.6. The van der Waals surface area contributed by atoms with Gasteiger partial charge in [0.15, 0.2) is 0 Å². The third-order valence-corrected chi connectivity index (χ3v) is 4.52. The molecule has 2 N–H and O–H groups in total. The first kappa shape index (κ1) is 19.1. The van der Waals surface area contributed by atoms with Crippen LogP contribution in [-0.4, -0.2) is 43.2 Å². The van der Waals surface area contributed by atoms with Gasteiger partial charge < -0.3 is 20.1 Å². The normalized spacial score (nSPS) is 16.0. The van der Waals surface area contributed by atoms with Crippen LogP contribution in [0, 0.1) is 0 Å². The van der Waals surface area contributed by atoms with E-state index >= 15 is 0 Å². The molecular weight excluding hydrogens is 370 g/mol. The second-order valence-corrected chi connectivity index (χ2v) is 6.53. The number of carbonyl (C=O) groups is 2. The molecule has 0 saturated carbocycles. The second kappa shape index (κ2) is 8.83. The van der Waals surface area contributed by atoms with Crippen molar-refractivity contribution in [2.45, 2.75) is 18.9 Å². The molecule has 2 heterocycles. The molecule has 8 heteroatoms. The third kappa shape index (κ3) is 4.96. The number of halogens is 1. The fourth-order valence-electron chi connectivity index (χ4n) is 2.76. The van der Waals surface area contributed by atoms with Crippen LogP contribution in [0.3, 0.4) is 0 Å². The van der Waals surface area contributed by atoms with Gasteiger partial charge in [0.1, 0.15) is 0 Å². The van der Waals surface area contributed by atoms with Crippen molar-refractivity contribution in [1.82, 2.24) is 4.98 Å². The molecule has 3 rings (SSSR count). The molecule has 1 amide bonds. The van der Waals surface area contributed by atoms with Crippen molar-refractivity contribution in [2.24, 2.45) is 0 Å². The zero-order valence-corrected chi connectivity index (χ0v) is 15.6. The molecule has 2 aromatic rings. The third-order valence-electron chi connectivity index (χ3n) is 4.19. The van der Waals surface area contributed by atoms with E-state index in [4.69, 9.17) is 16.3 Å². The first-order chi connectivity index (χ1) is 13.1. The van der Waals surface area contributed by atoms with Crippen LogP contribution in [0.4, 0.5) is 11.4 Å². The van der Waals surface area contributed by atoms with Gasteiger partial charge in [-0.05, 0) is 37.1 Å². The number of anilines is 2. The van der Waals surface area contributed by atoms with E-state index in [1.54, 1.807) is 12.3 Å². The Hall–Kier alpha value is -2.64. The fraction of sp³-hybridized carbons (Fsp3) is 0.316. The Morgan fingerprint density at radius 1 is 1.30 bits per heavy atom. The Balaban J connectivity index is 1.69. The summed E-state index contributed by atoms with van der Waals surface area (Å²) in [4.78, 5) is 28.3. The molecule has 142 valence electrons. The van der Waals surface area contributed by atoms with Gasteiger partial charge in [0.05, 0.1) is 40.7 Å². The van der Waals surface area contributed by atoms with E-state index in [0.717, 1.165) is 25.1 Å². The lowest BCUT2D eigenvalue weighted by atomic mass is 10.2. The van der Waals surface area contributed by atoms with E-state index in [9.17, 15) is 9.59 Å². The van der Waals surface area contributed by atoms with Crippen LogP contribution >= 0.6 is 11.6 Å². The van der Waals surface area contributed by atoms with E-state index in [1.165, 1.54) is 31.5 Å². The number of hydrogen-bond donors (Lipinski definition) is 2.